The zero-order valence-electron chi connectivity index (χ0n) is 12.7. The van der Waals surface area contributed by atoms with E-state index in [-0.39, 0.29) is 0 Å². The Balaban J connectivity index is 1.58. The van der Waals surface area contributed by atoms with Crippen molar-refractivity contribution < 1.29 is 0 Å². The minimum atomic E-state index is 0.685. The third-order valence-electron chi connectivity index (χ3n) is 3.72. The highest BCUT2D eigenvalue weighted by atomic mass is 35.5. The number of imidazole rings is 1. The van der Waals surface area contributed by atoms with E-state index in [1.54, 1.807) is 12.4 Å². The molecule has 0 atom stereocenters. The summed E-state index contributed by atoms with van der Waals surface area (Å²) in [5.41, 5.74) is 3.73. The van der Waals surface area contributed by atoms with Gasteiger partial charge in [-0.05, 0) is 29.8 Å². The Morgan fingerprint density at radius 2 is 1.92 bits per heavy atom. The Morgan fingerprint density at radius 1 is 1.04 bits per heavy atom. The van der Waals surface area contributed by atoms with E-state index in [0.717, 1.165) is 33.4 Å². The molecule has 1 N–H and O–H groups in total. The molecule has 6 heteroatoms. The van der Waals surface area contributed by atoms with Crippen molar-refractivity contribution in [3.05, 3.63) is 77.8 Å². The number of pyridine rings is 1. The van der Waals surface area contributed by atoms with Crippen LogP contribution in [0.1, 0.15) is 5.56 Å². The number of nitrogens with one attached hydrogen (secondary N) is 1. The number of nitrogens with zero attached hydrogens (tertiary/aromatic N) is 4. The topological polar surface area (TPSA) is 55.1 Å². The lowest BCUT2D eigenvalue weighted by molar-refractivity contribution is 1.09. The molecule has 24 heavy (non-hydrogen) atoms. The summed E-state index contributed by atoms with van der Waals surface area (Å²) in [6.07, 6.45) is 7.16. The molecule has 0 spiro atoms. The Kier molecular flexibility index (Phi) is 3.84. The molecule has 5 nitrogen and oxygen atoms in total. The Labute approximate surface area is 144 Å². The molecule has 0 fully saturated rings. The molecular weight excluding hydrogens is 322 g/mol. The summed E-state index contributed by atoms with van der Waals surface area (Å²) in [5.74, 6) is 0.812. The summed E-state index contributed by atoms with van der Waals surface area (Å²) < 4.78 is 1.97. The molecule has 0 amide bonds. The highest BCUT2D eigenvalue weighted by molar-refractivity contribution is 6.30. The summed E-state index contributed by atoms with van der Waals surface area (Å²) in [6.45, 7) is 0.685. The third-order valence-corrected chi connectivity index (χ3v) is 3.97. The summed E-state index contributed by atoms with van der Waals surface area (Å²) in [5, 5.41) is 4.07. The van der Waals surface area contributed by atoms with Crippen LogP contribution in [0.2, 0.25) is 5.02 Å². The van der Waals surface area contributed by atoms with Crippen molar-refractivity contribution in [2.45, 2.75) is 6.54 Å². The Bertz CT molecular complexity index is 978. The van der Waals surface area contributed by atoms with Gasteiger partial charge in [-0.2, -0.15) is 0 Å². The van der Waals surface area contributed by atoms with Crippen LogP contribution in [0.3, 0.4) is 0 Å². The van der Waals surface area contributed by atoms with Crippen molar-refractivity contribution in [3.63, 3.8) is 0 Å². The summed E-state index contributed by atoms with van der Waals surface area (Å²) in [6, 6.07) is 13.7. The number of benzene rings is 1. The van der Waals surface area contributed by atoms with Crippen LogP contribution in [-0.2, 0) is 6.54 Å². The van der Waals surface area contributed by atoms with Crippen LogP contribution >= 0.6 is 11.6 Å². The largest absolute Gasteiger partial charge is 0.366 e. The van der Waals surface area contributed by atoms with Crippen LogP contribution in [0, 0.1) is 0 Å². The zero-order valence-corrected chi connectivity index (χ0v) is 13.5. The predicted octanol–water partition coefficient (Wildman–Crippen LogP) is 4.06. The van der Waals surface area contributed by atoms with E-state index in [0.29, 0.717) is 6.54 Å². The predicted molar refractivity (Wildman–Crippen MR) is 95.0 cm³/mol. The van der Waals surface area contributed by atoms with Gasteiger partial charge in [-0.1, -0.05) is 29.8 Å². The lowest BCUT2D eigenvalue weighted by Gasteiger charge is -2.08. The molecule has 0 aliphatic rings. The molecule has 0 saturated heterocycles. The first-order valence-corrected chi connectivity index (χ1v) is 7.90. The fourth-order valence-electron chi connectivity index (χ4n) is 2.50. The summed E-state index contributed by atoms with van der Waals surface area (Å²) in [7, 11) is 0. The van der Waals surface area contributed by atoms with Gasteiger partial charge in [-0.3, -0.25) is 9.38 Å². The minimum absolute atomic E-state index is 0.685. The number of hydrogen-bond donors (Lipinski definition) is 1. The molecule has 118 valence electrons. The molecule has 0 aliphatic carbocycles. The number of aromatic nitrogens is 4. The van der Waals surface area contributed by atoms with Crippen molar-refractivity contribution in [2.24, 2.45) is 0 Å². The van der Waals surface area contributed by atoms with Gasteiger partial charge < -0.3 is 5.32 Å². The second-order valence-electron chi connectivity index (χ2n) is 5.34. The van der Waals surface area contributed by atoms with Gasteiger partial charge in [-0.25, -0.2) is 9.97 Å². The molecule has 0 radical (unpaired) electrons. The van der Waals surface area contributed by atoms with Gasteiger partial charge >= 0.3 is 0 Å². The van der Waals surface area contributed by atoms with E-state index >= 15 is 0 Å². The van der Waals surface area contributed by atoms with E-state index < -0.39 is 0 Å². The smallest absolute Gasteiger partial charge is 0.155 e. The van der Waals surface area contributed by atoms with Gasteiger partial charge in [0, 0.05) is 24.0 Å². The van der Waals surface area contributed by atoms with Gasteiger partial charge in [0.25, 0.3) is 0 Å². The minimum Gasteiger partial charge on any atom is -0.366 e. The molecule has 4 aromatic rings. The third kappa shape index (κ3) is 2.94. The van der Waals surface area contributed by atoms with Crippen molar-refractivity contribution in [1.82, 2.24) is 19.4 Å². The number of rotatable bonds is 4. The second kappa shape index (κ2) is 6.29. The van der Waals surface area contributed by atoms with Crippen molar-refractivity contribution in [1.29, 1.82) is 0 Å². The maximum atomic E-state index is 5.91. The molecule has 0 bridgehead atoms. The highest BCUT2D eigenvalue weighted by Crippen LogP contribution is 2.20. The van der Waals surface area contributed by atoms with Crippen molar-refractivity contribution in [2.75, 3.05) is 5.32 Å². The maximum absolute atomic E-state index is 5.91. The van der Waals surface area contributed by atoms with Crippen LogP contribution in [-0.4, -0.2) is 19.4 Å². The first-order valence-electron chi connectivity index (χ1n) is 7.52. The lowest BCUT2D eigenvalue weighted by atomic mass is 10.2. The lowest BCUT2D eigenvalue weighted by Crippen LogP contribution is -2.02. The molecule has 0 aliphatic heterocycles. The van der Waals surface area contributed by atoms with Crippen LogP contribution < -0.4 is 5.32 Å². The highest BCUT2D eigenvalue weighted by Gasteiger charge is 2.07. The Morgan fingerprint density at radius 3 is 2.79 bits per heavy atom. The van der Waals surface area contributed by atoms with Crippen LogP contribution in [0.4, 0.5) is 5.82 Å². The maximum Gasteiger partial charge on any atom is 0.155 e. The van der Waals surface area contributed by atoms with E-state index in [1.807, 2.05) is 59.3 Å². The van der Waals surface area contributed by atoms with Gasteiger partial charge in [0.05, 0.1) is 23.8 Å². The number of anilines is 1. The molecule has 4 rings (SSSR count). The van der Waals surface area contributed by atoms with Gasteiger partial charge in [0.2, 0.25) is 0 Å². The average Bonchev–Trinajstić information content (AvgIpc) is 3.06. The van der Waals surface area contributed by atoms with Gasteiger partial charge in [-0.15, -0.1) is 0 Å². The summed E-state index contributed by atoms with van der Waals surface area (Å²) >= 11 is 5.91. The van der Waals surface area contributed by atoms with Crippen molar-refractivity contribution in [3.8, 4) is 11.4 Å². The normalized spacial score (nSPS) is 10.9. The van der Waals surface area contributed by atoms with Gasteiger partial charge in [0.15, 0.2) is 5.65 Å². The fraction of sp³-hybridized carbons (Fsp3) is 0.0556. The standard InChI is InChI=1S/C18H14ClN5/c19-14-6-4-13(5-7-14)10-21-17-3-1-2-15(23-17)16-11-22-18-12-20-8-9-24(16)18/h1-9,11-12H,10H2,(H,21,23). The Hall–Kier alpha value is -2.92. The van der Waals surface area contributed by atoms with E-state index in [9.17, 15) is 0 Å². The first kappa shape index (κ1) is 14.7. The second-order valence-corrected chi connectivity index (χ2v) is 5.77. The zero-order chi connectivity index (χ0) is 16.4. The number of fused-ring (bicyclic) bond motifs is 1. The van der Waals surface area contributed by atoms with Crippen LogP contribution in [0.15, 0.2) is 67.3 Å². The fourth-order valence-corrected chi connectivity index (χ4v) is 2.63. The SMILES string of the molecule is Clc1ccc(CNc2cccc(-c3cnc4cnccn34)n2)cc1. The average molecular weight is 336 g/mol. The summed E-state index contributed by atoms with van der Waals surface area (Å²) in [4.78, 5) is 13.1. The molecule has 1 aromatic carbocycles. The quantitative estimate of drug-likeness (QED) is 0.611. The molecule has 3 aromatic heterocycles. The van der Waals surface area contributed by atoms with E-state index in [1.165, 1.54) is 0 Å². The monoisotopic (exact) mass is 335 g/mol. The number of hydrogen-bond acceptors (Lipinski definition) is 4. The molecule has 0 saturated carbocycles. The van der Waals surface area contributed by atoms with E-state index in [4.69, 9.17) is 11.6 Å². The molecule has 3 heterocycles. The van der Waals surface area contributed by atoms with Crippen molar-refractivity contribution >= 4 is 23.1 Å². The molecule has 0 unspecified atom stereocenters. The van der Waals surface area contributed by atoms with Gasteiger partial charge in [0.1, 0.15) is 5.82 Å². The number of halogens is 1. The first-order chi connectivity index (χ1) is 11.8. The molecular formula is C18H14ClN5. The van der Waals surface area contributed by atoms with Crippen LogP contribution in [0.5, 0.6) is 0 Å². The van der Waals surface area contributed by atoms with Crippen LogP contribution in [0.25, 0.3) is 17.0 Å². The van der Waals surface area contributed by atoms with E-state index in [2.05, 4.69) is 20.3 Å².